The van der Waals surface area contributed by atoms with Crippen LogP contribution in [-0.2, 0) is 6.42 Å². The lowest BCUT2D eigenvalue weighted by Crippen LogP contribution is -2.34. The maximum absolute atomic E-state index is 13.3. The van der Waals surface area contributed by atoms with Crippen LogP contribution >= 0.6 is 0 Å². The monoisotopic (exact) mass is 269 g/mol. The number of hydrogen-bond acceptors (Lipinski definition) is 1. The van der Waals surface area contributed by atoms with Gasteiger partial charge >= 0.3 is 0 Å². The normalized spacial score (nSPS) is 14.4. The fourth-order valence-corrected chi connectivity index (χ4v) is 2.74. The first-order chi connectivity index (χ1) is 9.05. The highest BCUT2D eigenvalue weighted by molar-refractivity contribution is 5.19. The van der Waals surface area contributed by atoms with Gasteiger partial charge in [-0.25, -0.2) is 8.78 Å². The summed E-state index contributed by atoms with van der Waals surface area (Å²) in [5.74, 6) is -0.972. The molecule has 0 fully saturated rings. The molecule has 0 bridgehead atoms. The Labute approximate surface area is 115 Å². The largest absolute Gasteiger partial charge is 0.319 e. The lowest BCUT2D eigenvalue weighted by molar-refractivity contribution is 0.234. The SMILES string of the molecule is CCCCC(CC)(CNC)Cc1cc(F)cc(F)c1. The van der Waals surface area contributed by atoms with Crippen molar-refractivity contribution in [1.29, 1.82) is 0 Å². The van der Waals surface area contributed by atoms with Crippen molar-refractivity contribution < 1.29 is 8.78 Å². The summed E-state index contributed by atoms with van der Waals surface area (Å²) in [4.78, 5) is 0. The Morgan fingerprint density at radius 2 is 1.74 bits per heavy atom. The molecule has 1 unspecified atom stereocenters. The van der Waals surface area contributed by atoms with Gasteiger partial charge in [-0.1, -0.05) is 26.7 Å². The molecule has 0 saturated carbocycles. The van der Waals surface area contributed by atoms with Crippen LogP contribution in [0, 0.1) is 17.0 Å². The van der Waals surface area contributed by atoms with Crippen LogP contribution in [0.5, 0.6) is 0 Å². The minimum Gasteiger partial charge on any atom is -0.319 e. The van der Waals surface area contributed by atoms with Gasteiger partial charge in [-0.05, 0) is 49.4 Å². The predicted octanol–water partition coefficient (Wildman–Crippen LogP) is 4.31. The second kappa shape index (κ2) is 7.59. The van der Waals surface area contributed by atoms with Gasteiger partial charge < -0.3 is 5.32 Å². The zero-order chi connectivity index (χ0) is 14.3. The maximum atomic E-state index is 13.3. The molecular weight excluding hydrogens is 244 g/mol. The third-order valence-electron chi connectivity index (χ3n) is 3.86. The fraction of sp³-hybridized carbons (Fsp3) is 0.625. The first-order valence-corrected chi connectivity index (χ1v) is 7.15. The molecule has 0 aliphatic heterocycles. The van der Waals surface area contributed by atoms with Crippen molar-refractivity contribution in [2.45, 2.75) is 46.0 Å². The van der Waals surface area contributed by atoms with E-state index >= 15 is 0 Å². The van der Waals surface area contributed by atoms with Crippen LogP contribution in [0.25, 0.3) is 0 Å². The molecule has 1 aromatic rings. The molecule has 19 heavy (non-hydrogen) atoms. The lowest BCUT2D eigenvalue weighted by Gasteiger charge is -2.33. The first-order valence-electron chi connectivity index (χ1n) is 7.15. The quantitative estimate of drug-likeness (QED) is 0.741. The number of benzene rings is 1. The van der Waals surface area contributed by atoms with E-state index in [9.17, 15) is 8.78 Å². The van der Waals surface area contributed by atoms with Crippen LogP contribution in [0.2, 0.25) is 0 Å². The number of nitrogens with one attached hydrogen (secondary N) is 1. The zero-order valence-electron chi connectivity index (χ0n) is 12.2. The predicted molar refractivity (Wildman–Crippen MR) is 76.2 cm³/mol. The second-order valence-corrected chi connectivity index (χ2v) is 5.44. The Morgan fingerprint density at radius 3 is 2.21 bits per heavy atom. The van der Waals surface area contributed by atoms with Gasteiger partial charge in [0.15, 0.2) is 0 Å². The molecule has 3 heteroatoms. The molecule has 0 amide bonds. The molecule has 0 aromatic heterocycles. The van der Waals surface area contributed by atoms with Gasteiger partial charge in [0, 0.05) is 12.6 Å². The average Bonchev–Trinajstić information content (AvgIpc) is 2.35. The van der Waals surface area contributed by atoms with Crippen LogP contribution in [0.15, 0.2) is 18.2 Å². The molecule has 1 N–H and O–H groups in total. The van der Waals surface area contributed by atoms with Crippen LogP contribution in [0.1, 0.15) is 45.1 Å². The Morgan fingerprint density at radius 1 is 1.11 bits per heavy atom. The Bertz CT molecular complexity index is 372. The Kier molecular flexibility index (Phi) is 6.43. The molecular formula is C16H25F2N. The third-order valence-corrected chi connectivity index (χ3v) is 3.86. The highest BCUT2D eigenvalue weighted by Gasteiger charge is 2.27. The molecule has 0 aliphatic rings. The molecule has 0 radical (unpaired) electrons. The summed E-state index contributed by atoms with van der Waals surface area (Å²) in [6, 6.07) is 3.84. The van der Waals surface area contributed by atoms with Gasteiger partial charge in [-0.15, -0.1) is 0 Å². The highest BCUT2D eigenvalue weighted by atomic mass is 19.1. The summed E-state index contributed by atoms with van der Waals surface area (Å²) < 4.78 is 26.6. The fourth-order valence-electron chi connectivity index (χ4n) is 2.74. The summed E-state index contributed by atoms with van der Waals surface area (Å²) in [5.41, 5.74) is 0.844. The van der Waals surface area contributed by atoms with Crippen LogP contribution in [-0.4, -0.2) is 13.6 Å². The van der Waals surface area contributed by atoms with Gasteiger partial charge in [0.05, 0.1) is 0 Å². The number of halogens is 2. The van der Waals surface area contributed by atoms with E-state index < -0.39 is 11.6 Å². The molecule has 0 aliphatic carbocycles. The lowest BCUT2D eigenvalue weighted by atomic mass is 9.75. The van der Waals surface area contributed by atoms with Crippen molar-refractivity contribution in [1.82, 2.24) is 5.32 Å². The number of rotatable bonds is 8. The van der Waals surface area contributed by atoms with E-state index in [2.05, 4.69) is 19.2 Å². The molecule has 0 heterocycles. The second-order valence-electron chi connectivity index (χ2n) is 5.44. The van der Waals surface area contributed by atoms with E-state index in [4.69, 9.17) is 0 Å². The van der Waals surface area contributed by atoms with Gasteiger partial charge in [0.25, 0.3) is 0 Å². The standard InChI is InChI=1S/C16H25F2N/c1-4-6-7-16(5-2,12-19-3)11-13-8-14(17)10-15(18)9-13/h8-10,19H,4-7,11-12H2,1-3H3. The van der Waals surface area contributed by atoms with Crippen molar-refractivity contribution in [2.75, 3.05) is 13.6 Å². The average molecular weight is 269 g/mol. The topological polar surface area (TPSA) is 12.0 Å². The van der Waals surface area contributed by atoms with E-state index in [0.29, 0.717) is 0 Å². The van der Waals surface area contributed by atoms with Crippen molar-refractivity contribution in [2.24, 2.45) is 5.41 Å². The zero-order valence-corrected chi connectivity index (χ0v) is 12.2. The molecule has 108 valence electrons. The summed E-state index contributed by atoms with van der Waals surface area (Å²) in [7, 11) is 1.93. The van der Waals surface area contributed by atoms with Crippen LogP contribution in [0.4, 0.5) is 8.78 Å². The van der Waals surface area contributed by atoms with Crippen molar-refractivity contribution in [3.63, 3.8) is 0 Å². The maximum Gasteiger partial charge on any atom is 0.126 e. The minimum atomic E-state index is -0.486. The van der Waals surface area contributed by atoms with Gasteiger partial charge in [0.1, 0.15) is 11.6 Å². The summed E-state index contributed by atoms with van der Waals surface area (Å²) in [5, 5.41) is 3.23. The van der Waals surface area contributed by atoms with E-state index in [-0.39, 0.29) is 5.41 Å². The van der Waals surface area contributed by atoms with Crippen molar-refractivity contribution in [3.05, 3.63) is 35.4 Å². The van der Waals surface area contributed by atoms with E-state index in [1.165, 1.54) is 12.1 Å². The highest BCUT2D eigenvalue weighted by Crippen LogP contribution is 2.33. The summed E-state index contributed by atoms with van der Waals surface area (Å²) >= 11 is 0. The van der Waals surface area contributed by atoms with Crippen molar-refractivity contribution >= 4 is 0 Å². The van der Waals surface area contributed by atoms with Crippen LogP contribution in [0.3, 0.4) is 0 Å². The van der Waals surface area contributed by atoms with Crippen molar-refractivity contribution in [3.8, 4) is 0 Å². The molecule has 0 saturated heterocycles. The minimum absolute atomic E-state index is 0.0883. The first kappa shape index (κ1) is 16.1. The summed E-state index contributed by atoms with van der Waals surface area (Å²) in [6.07, 6.45) is 5.10. The van der Waals surface area contributed by atoms with Gasteiger partial charge in [-0.3, -0.25) is 0 Å². The molecule has 1 rings (SSSR count). The van der Waals surface area contributed by atoms with Gasteiger partial charge in [-0.2, -0.15) is 0 Å². The molecule has 1 atom stereocenters. The number of unbranched alkanes of at least 4 members (excludes halogenated alkanes) is 1. The smallest absolute Gasteiger partial charge is 0.126 e. The number of hydrogen-bond donors (Lipinski definition) is 1. The van der Waals surface area contributed by atoms with E-state index in [0.717, 1.165) is 50.3 Å². The van der Waals surface area contributed by atoms with E-state index in [1.54, 1.807) is 0 Å². The molecule has 1 nitrogen and oxygen atoms in total. The molecule has 1 aromatic carbocycles. The summed E-state index contributed by atoms with van der Waals surface area (Å²) in [6.45, 7) is 5.20. The Balaban J connectivity index is 2.91. The third kappa shape index (κ3) is 4.90. The van der Waals surface area contributed by atoms with Crippen LogP contribution < -0.4 is 5.32 Å². The Hall–Kier alpha value is -0.960. The van der Waals surface area contributed by atoms with E-state index in [1.807, 2.05) is 7.05 Å². The van der Waals surface area contributed by atoms with Gasteiger partial charge in [0.2, 0.25) is 0 Å². The molecule has 0 spiro atoms.